The summed E-state index contributed by atoms with van der Waals surface area (Å²) in [6.07, 6.45) is 5.14. The Bertz CT molecular complexity index is 622. The Morgan fingerprint density at radius 2 is 1.92 bits per heavy atom. The molecule has 5 nitrogen and oxygen atoms in total. The van der Waals surface area contributed by atoms with Crippen LogP contribution in [-0.2, 0) is 4.79 Å². The highest BCUT2D eigenvalue weighted by molar-refractivity contribution is 5.79. The molecule has 0 spiro atoms. The zero-order valence-electron chi connectivity index (χ0n) is 13.8. The molecule has 1 amide bonds. The van der Waals surface area contributed by atoms with Crippen molar-refractivity contribution in [3.8, 4) is 12.1 Å². The van der Waals surface area contributed by atoms with E-state index in [-0.39, 0.29) is 36.4 Å². The smallest absolute Gasteiger partial charge is 0.237 e. The number of nitriles is 2. The first-order valence-electron chi connectivity index (χ1n) is 8.96. The number of nitrogens with zero attached hydrogens (tertiary/aromatic N) is 3. The van der Waals surface area contributed by atoms with E-state index in [9.17, 15) is 14.4 Å². The van der Waals surface area contributed by atoms with Crippen LogP contribution < -0.4 is 5.32 Å². The molecule has 4 atom stereocenters. The van der Waals surface area contributed by atoms with Gasteiger partial charge in [-0.3, -0.25) is 4.79 Å². The van der Waals surface area contributed by atoms with Crippen LogP contribution in [0.1, 0.15) is 44.9 Å². The van der Waals surface area contributed by atoms with Crippen molar-refractivity contribution in [2.75, 3.05) is 13.1 Å². The van der Waals surface area contributed by atoms with E-state index in [2.05, 4.69) is 11.4 Å². The van der Waals surface area contributed by atoms with Gasteiger partial charge >= 0.3 is 0 Å². The van der Waals surface area contributed by atoms with E-state index in [4.69, 9.17) is 5.26 Å². The van der Waals surface area contributed by atoms with Crippen LogP contribution in [0.2, 0.25) is 0 Å². The number of hydrogen-bond acceptors (Lipinski definition) is 4. The molecule has 5 rings (SSSR count). The van der Waals surface area contributed by atoms with E-state index in [1.165, 1.54) is 11.3 Å². The third kappa shape index (κ3) is 2.48. The molecule has 4 bridgehead atoms. The lowest BCUT2D eigenvalue weighted by molar-refractivity contribution is -0.132. The molecule has 0 radical (unpaired) electrons. The van der Waals surface area contributed by atoms with Gasteiger partial charge in [0.2, 0.25) is 5.91 Å². The second-order valence-corrected chi connectivity index (χ2v) is 8.51. The van der Waals surface area contributed by atoms with Crippen molar-refractivity contribution in [3.63, 3.8) is 0 Å². The summed E-state index contributed by atoms with van der Waals surface area (Å²) in [4.78, 5) is 13.9. The van der Waals surface area contributed by atoms with E-state index < -0.39 is 12.2 Å². The van der Waals surface area contributed by atoms with Crippen LogP contribution in [0.25, 0.3) is 0 Å². The Labute approximate surface area is 141 Å². The number of likely N-dealkylation sites (tertiary alicyclic amines) is 1. The van der Waals surface area contributed by atoms with Crippen molar-refractivity contribution in [3.05, 3.63) is 0 Å². The summed E-state index contributed by atoms with van der Waals surface area (Å²) in [5, 5.41) is 22.2. The first kappa shape index (κ1) is 15.8. The summed E-state index contributed by atoms with van der Waals surface area (Å²) < 4.78 is 13.5. The molecule has 4 aliphatic carbocycles. The maximum absolute atomic E-state index is 13.5. The highest BCUT2D eigenvalue weighted by atomic mass is 19.1. The maximum Gasteiger partial charge on any atom is 0.237 e. The molecule has 128 valence electrons. The zero-order chi connectivity index (χ0) is 16.9. The number of nitrogens with one attached hydrogen (secondary N) is 1. The average molecular weight is 330 g/mol. The van der Waals surface area contributed by atoms with Gasteiger partial charge in [-0.05, 0) is 50.4 Å². The molecule has 0 aromatic carbocycles. The predicted molar refractivity (Wildman–Crippen MR) is 84.1 cm³/mol. The number of carbonyl (C=O) groups is 1. The van der Waals surface area contributed by atoms with Crippen LogP contribution in [0.15, 0.2) is 0 Å². The zero-order valence-corrected chi connectivity index (χ0v) is 13.8. The van der Waals surface area contributed by atoms with E-state index in [0.29, 0.717) is 11.8 Å². The summed E-state index contributed by atoms with van der Waals surface area (Å²) in [6, 6.07) is 3.96. The number of alkyl halides is 1. The van der Waals surface area contributed by atoms with Crippen molar-refractivity contribution in [1.82, 2.24) is 10.2 Å². The molecular weight excluding hydrogens is 307 g/mol. The summed E-state index contributed by atoms with van der Waals surface area (Å²) in [5.41, 5.74) is -0.334. The molecule has 2 unspecified atom stereocenters. The number of carbonyl (C=O) groups excluding carboxylic acids is 1. The van der Waals surface area contributed by atoms with Crippen LogP contribution in [0.3, 0.4) is 0 Å². The lowest BCUT2D eigenvalue weighted by Gasteiger charge is -2.60. The molecule has 0 aromatic rings. The van der Waals surface area contributed by atoms with Crippen molar-refractivity contribution < 1.29 is 9.18 Å². The summed E-state index contributed by atoms with van der Waals surface area (Å²) in [6.45, 7) is 0.172. The summed E-state index contributed by atoms with van der Waals surface area (Å²) in [5.74, 6) is 0.980. The molecule has 4 saturated carbocycles. The van der Waals surface area contributed by atoms with Gasteiger partial charge < -0.3 is 10.2 Å². The van der Waals surface area contributed by atoms with E-state index in [1.807, 2.05) is 6.07 Å². The van der Waals surface area contributed by atoms with Crippen LogP contribution in [0.4, 0.5) is 4.39 Å². The van der Waals surface area contributed by atoms with Gasteiger partial charge in [-0.25, -0.2) is 4.39 Å². The first-order chi connectivity index (χ1) is 11.5. The van der Waals surface area contributed by atoms with E-state index in [1.54, 1.807) is 0 Å². The molecule has 24 heavy (non-hydrogen) atoms. The minimum atomic E-state index is -1.10. The van der Waals surface area contributed by atoms with Gasteiger partial charge in [-0.2, -0.15) is 10.5 Å². The molecule has 5 fully saturated rings. The third-order valence-electron chi connectivity index (χ3n) is 6.63. The second-order valence-electron chi connectivity index (χ2n) is 8.51. The number of rotatable bonds is 3. The number of halogens is 1. The Morgan fingerprint density at radius 1 is 1.21 bits per heavy atom. The minimum Gasteiger partial charge on any atom is -0.323 e. The molecule has 6 heteroatoms. The van der Waals surface area contributed by atoms with Gasteiger partial charge in [0.25, 0.3) is 0 Å². The van der Waals surface area contributed by atoms with Gasteiger partial charge in [-0.15, -0.1) is 0 Å². The van der Waals surface area contributed by atoms with Crippen molar-refractivity contribution in [2.24, 2.45) is 17.3 Å². The van der Waals surface area contributed by atoms with Crippen LogP contribution in [0, 0.1) is 39.9 Å². The number of hydrogen-bond donors (Lipinski definition) is 1. The largest absolute Gasteiger partial charge is 0.323 e. The molecular formula is C18H23FN4O. The molecule has 1 saturated heterocycles. The number of amides is 1. The lowest BCUT2D eigenvalue weighted by atomic mass is 9.47. The Hall–Kier alpha value is -1.66. The lowest BCUT2D eigenvalue weighted by Crippen LogP contribution is -2.63. The van der Waals surface area contributed by atoms with Gasteiger partial charge in [-0.1, -0.05) is 0 Å². The summed E-state index contributed by atoms with van der Waals surface area (Å²) >= 11 is 0. The SMILES string of the molecule is N#C[C@@H]1C[C@H](F)CN1C(=O)CNC12CC3CC(CC(C#N)(C3)C1)C2. The van der Waals surface area contributed by atoms with Crippen molar-refractivity contribution >= 4 is 5.91 Å². The third-order valence-corrected chi connectivity index (χ3v) is 6.63. The molecule has 1 heterocycles. The topological polar surface area (TPSA) is 79.9 Å². The molecule has 0 aromatic heterocycles. The average Bonchev–Trinajstić information content (AvgIpc) is 2.92. The van der Waals surface area contributed by atoms with E-state index in [0.717, 1.165) is 32.1 Å². The molecule has 5 aliphatic rings. The second kappa shape index (κ2) is 5.43. The summed E-state index contributed by atoms with van der Waals surface area (Å²) in [7, 11) is 0. The quantitative estimate of drug-likeness (QED) is 0.857. The Balaban J connectivity index is 1.44. The van der Waals surface area contributed by atoms with E-state index >= 15 is 0 Å². The first-order valence-corrected chi connectivity index (χ1v) is 8.96. The van der Waals surface area contributed by atoms with Crippen molar-refractivity contribution in [2.45, 2.75) is 62.7 Å². The van der Waals surface area contributed by atoms with Crippen molar-refractivity contribution in [1.29, 1.82) is 10.5 Å². The Morgan fingerprint density at radius 3 is 2.54 bits per heavy atom. The van der Waals surface area contributed by atoms with Gasteiger partial charge in [0.15, 0.2) is 0 Å². The normalized spacial score (nSPS) is 45.9. The predicted octanol–water partition coefficient (Wildman–Crippen LogP) is 1.90. The van der Waals surface area contributed by atoms with Crippen LogP contribution in [-0.4, -0.2) is 41.6 Å². The maximum atomic E-state index is 13.5. The fourth-order valence-electron chi connectivity index (χ4n) is 6.15. The van der Waals surface area contributed by atoms with Gasteiger partial charge in [0.1, 0.15) is 12.2 Å². The monoisotopic (exact) mass is 330 g/mol. The highest BCUT2D eigenvalue weighted by Gasteiger charge is 2.58. The van der Waals surface area contributed by atoms with Crippen LogP contribution in [0.5, 0.6) is 0 Å². The molecule has 1 aliphatic heterocycles. The molecule has 1 N–H and O–H groups in total. The fraction of sp³-hybridized carbons (Fsp3) is 0.833. The standard InChI is InChI=1S/C18H23FN4O/c19-14-2-15(7-20)23(9-14)16(24)8-22-18-5-12-1-13(6-18)4-17(3-12,10-18)11-21/h12-15,22H,1-6,8-10H2/t12?,13?,14-,15-,17?,18?/m0/s1. The van der Waals surface area contributed by atoms with Gasteiger partial charge in [0, 0.05) is 12.0 Å². The Kier molecular flexibility index (Phi) is 3.58. The fourth-order valence-corrected chi connectivity index (χ4v) is 6.15. The minimum absolute atomic E-state index is 0.0269. The highest BCUT2D eigenvalue weighted by Crippen LogP contribution is 2.61. The van der Waals surface area contributed by atoms with Gasteiger partial charge in [0.05, 0.1) is 30.6 Å². The van der Waals surface area contributed by atoms with Crippen LogP contribution >= 0.6 is 0 Å².